The third-order valence-corrected chi connectivity index (χ3v) is 4.24. The zero-order chi connectivity index (χ0) is 15.0. The molecule has 1 rings (SSSR count). The van der Waals surface area contributed by atoms with Crippen LogP contribution in [-0.4, -0.2) is 62.9 Å². The van der Waals surface area contributed by atoms with Gasteiger partial charge in [-0.1, -0.05) is 0 Å². The quantitative estimate of drug-likeness (QED) is 0.513. The Morgan fingerprint density at radius 1 is 1.50 bits per heavy atom. The highest BCUT2D eigenvalue weighted by atomic mass is 16.5. The van der Waals surface area contributed by atoms with Gasteiger partial charge in [-0.3, -0.25) is 4.79 Å². The van der Waals surface area contributed by atoms with E-state index in [1.165, 1.54) is 0 Å². The molecule has 2 atom stereocenters. The maximum atomic E-state index is 11.9. The van der Waals surface area contributed by atoms with Gasteiger partial charge in [0, 0.05) is 12.6 Å². The van der Waals surface area contributed by atoms with Crippen LogP contribution in [0.15, 0.2) is 0 Å². The minimum absolute atomic E-state index is 0.153. The molecule has 0 radical (unpaired) electrons. The van der Waals surface area contributed by atoms with E-state index < -0.39 is 5.54 Å². The van der Waals surface area contributed by atoms with Crippen LogP contribution in [0.1, 0.15) is 39.5 Å². The molecule has 0 aromatic heterocycles. The van der Waals surface area contributed by atoms with E-state index >= 15 is 0 Å². The van der Waals surface area contributed by atoms with Crippen LogP contribution in [-0.2, 0) is 14.3 Å². The first-order chi connectivity index (χ1) is 9.53. The van der Waals surface area contributed by atoms with Crippen molar-refractivity contribution in [3.63, 3.8) is 0 Å². The summed E-state index contributed by atoms with van der Waals surface area (Å²) in [6.45, 7) is 6.98. The molecule has 0 spiro atoms. The van der Waals surface area contributed by atoms with Gasteiger partial charge in [0.1, 0.15) is 5.54 Å². The second-order valence-corrected chi connectivity index (χ2v) is 5.76. The SMILES string of the molecule is CCOC(=O)C(C)(CCCCN(C)C1CCOC1)NC. The van der Waals surface area contributed by atoms with Crippen molar-refractivity contribution in [3.05, 3.63) is 0 Å². The van der Waals surface area contributed by atoms with Crippen molar-refractivity contribution < 1.29 is 14.3 Å². The van der Waals surface area contributed by atoms with Crippen molar-refractivity contribution in [1.29, 1.82) is 0 Å². The minimum Gasteiger partial charge on any atom is -0.465 e. The third kappa shape index (κ3) is 5.04. The molecule has 118 valence electrons. The largest absolute Gasteiger partial charge is 0.465 e. The highest BCUT2D eigenvalue weighted by Gasteiger charge is 2.32. The van der Waals surface area contributed by atoms with Gasteiger partial charge in [-0.05, 0) is 60.2 Å². The summed E-state index contributed by atoms with van der Waals surface area (Å²) < 4.78 is 10.5. The Morgan fingerprint density at radius 3 is 2.80 bits per heavy atom. The van der Waals surface area contributed by atoms with Gasteiger partial charge < -0.3 is 19.7 Å². The lowest BCUT2D eigenvalue weighted by Gasteiger charge is -2.27. The summed E-state index contributed by atoms with van der Waals surface area (Å²) in [5.41, 5.74) is -0.564. The fraction of sp³-hybridized carbons (Fsp3) is 0.933. The predicted octanol–water partition coefficient (Wildman–Crippen LogP) is 1.42. The molecule has 1 aliphatic heterocycles. The van der Waals surface area contributed by atoms with Crippen LogP contribution < -0.4 is 5.32 Å². The highest BCUT2D eigenvalue weighted by molar-refractivity contribution is 5.80. The molecule has 0 aromatic rings. The second-order valence-electron chi connectivity index (χ2n) is 5.76. The predicted molar refractivity (Wildman–Crippen MR) is 79.8 cm³/mol. The first-order valence-electron chi connectivity index (χ1n) is 7.67. The van der Waals surface area contributed by atoms with Crippen molar-refractivity contribution in [2.45, 2.75) is 51.1 Å². The van der Waals surface area contributed by atoms with Gasteiger partial charge in [-0.2, -0.15) is 0 Å². The molecule has 5 heteroatoms. The molecule has 20 heavy (non-hydrogen) atoms. The summed E-state index contributed by atoms with van der Waals surface area (Å²) in [5.74, 6) is -0.153. The highest BCUT2D eigenvalue weighted by Crippen LogP contribution is 2.17. The standard InChI is InChI=1S/C15H30N2O3/c1-5-20-14(18)15(2,16-3)9-6-7-10-17(4)13-8-11-19-12-13/h13,16H,5-12H2,1-4H3. The molecule has 1 N–H and O–H groups in total. The molecule has 1 aliphatic rings. The summed E-state index contributed by atoms with van der Waals surface area (Å²) >= 11 is 0. The number of carbonyl (C=O) groups excluding carboxylic acids is 1. The van der Waals surface area contributed by atoms with Crippen molar-refractivity contribution in [2.75, 3.05) is 40.5 Å². The minimum atomic E-state index is -0.564. The number of hydrogen-bond donors (Lipinski definition) is 1. The number of ether oxygens (including phenoxy) is 2. The molecule has 0 bridgehead atoms. The lowest BCUT2D eigenvalue weighted by molar-refractivity contribution is -0.150. The van der Waals surface area contributed by atoms with Crippen LogP contribution in [0.4, 0.5) is 0 Å². The summed E-state index contributed by atoms with van der Waals surface area (Å²) in [6, 6.07) is 0.566. The number of nitrogens with one attached hydrogen (secondary N) is 1. The van der Waals surface area contributed by atoms with Crippen LogP contribution in [0.25, 0.3) is 0 Å². The Labute approximate surface area is 123 Å². The van der Waals surface area contributed by atoms with Crippen LogP contribution in [0.5, 0.6) is 0 Å². The van der Waals surface area contributed by atoms with Gasteiger partial charge in [0.05, 0.1) is 13.2 Å². The smallest absolute Gasteiger partial charge is 0.326 e. The molecule has 0 amide bonds. The molecule has 1 fully saturated rings. The summed E-state index contributed by atoms with van der Waals surface area (Å²) in [7, 11) is 3.97. The summed E-state index contributed by atoms with van der Waals surface area (Å²) in [4.78, 5) is 14.3. The molecule has 5 nitrogen and oxygen atoms in total. The average Bonchev–Trinajstić information content (AvgIpc) is 2.97. The van der Waals surface area contributed by atoms with E-state index in [-0.39, 0.29) is 5.97 Å². The zero-order valence-electron chi connectivity index (χ0n) is 13.4. The van der Waals surface area contributed by atoms with Crippen molar-refractivity contribution in [3.8, 4) is 0 Å². The zero-order valence-corrected chi connectivity index (χ0v) is 13.4. The van der Waals surface area contributed by atoms with Gasteiger partial charge in [-0.25, -0.2) is 0 Å². The molecule has 1 saturated heterocycles. The number of carbonyl (C=O) groups is 1. The number of unbranched alkanes of at least 4 members (excludes halogenated alkanes) is 1. The Hall–Kier alpha value is -0.650. The number of rotatable bonds is 9. The lowest BCUT2D eigenvalue weighted by atomic mass is 9.95. The van der Waals surface area contributed by atoms with Gasteiger partial charge in [0.2, 0.25) is 0 Å². The topological polar surface area (TPSA) is 50.8 Å². The van der Waals surface area contributed by atoms with Gasteiger partial charge >= 0.3 is 5.97 Å². The van der Waals surface area contributed by atoms with Crippen molar-refractivity contribution >= 4 is 5.97 Å². The van der Waals surface area contributed by atoms with Crippen LogP contribution in [0.3, 0.4) is 0 Å². The lowest BCUT2D eigenvalue weighted by Crippen LogP contribution is -2.48. The number of nitrogens with zero attached hydrogens (tertiary/aromatic N) is 1. The first-order valence-corrected chi connectivity index (χ1v) is 7.67. The molecular weight excluding hydrogens is 256 g/mol. The Kier molecular flexibility index (Phi) is 7.48. The maximum absolute atomic E-state index is 11.9. The monoisotopic (exact) mass is 286 g/mol. The summed E-state index contributed by atoms with van der Waals surface area (Å²) in [6.07, 6.45) is 4.03. The molecule has 0 aliphatic carbocycles. The normalized spacial score (nSPS) is 21.9. The molecule has 2 unspecified atom stereocenters. The third-order valence-electron chi connectivity index (χ3n) is 4.24. The van der Waals surface area contributed by atoms with E-state index in [2.05, 4.69) is 17.3 Å². The Balaban J connectivity index is 2.25. The van der Waals surface area contributed by atoms with Crippen LogP contribution >= 0.6 is 0 Å². The van der Waals surface area contributed by atoms with E-state index in [4.69, 9.17) is 9.47 Å². The van der Waals surface area contributed by atoms with E-state index in [9.17, 15) is 4.79 Å². The molecule has 0 aromatic carbocycles. The Morgan fingerprint density at radius 2 is 2.25 bits per heavy atom. The number of likely N-dealkylation sites (N-methyl/N-ethyl adjacent to an activating group) is 2. The summed E-state index contributed by atoms with van der Waals surface area (Å²) in [5, 5.41) is 3.10. The van der Waals surface area contributed by atoms with Crippen molar-refractivity contribution in [1.82, 2.24) is 10.2 Å². The fourth-order valence-electron chi connectivity index (χ4n) is 2.51. The van der Waals surface area contributed by atoms with Gasteiger partial charge in [0.25, 0.3) is 0 Å². The van der Waals surface area contributed by atoms with E-state index in [1.54, 1.807) is 0 Å². The number of hydrogen-bond acceptors (Lipinski definition) is 5. The number of esters is 1. The van der Waals surface area contributed by atoms with Crippen LogP contribution in [0.2, 0.25) is 0 Å². The van der Waals surface area contributed by atoms with Crippen LogP contribution in [0, 0.1) is 0 Å². The maximum Gasteiger partial charge on any atom is 0.326 e. The van der Waals surface area contributed by atoms with E-state index in [0.29, 0.717) is 12.6 Å². The average molecular weight is 286 g/mol. The Bertz CT molecular complexity index is 293. The molecular formula is C15H30N2O3. The van der Waals surface area contributed by atoms with Gasteiger partial charge in [0.15, 0.2) is 0 Å². The molecule has 1 heterocycles. The van der Waals surface area contributed by atoms with Gasteiger partial charge in [-0.15, -0.1) is 0 Å². The first kappa shape index (κ1) is 17.4. The molecule has 0 saturated carbocycles. The van der Waals surface area contributed by atoms with E-state index in [0.717, 1.165) is 45.4 Å². The van der Waals surface area contributed by atoms with E-state index in [1.807, 2.05) is 20.9 Å². The van der Waals surface area contributed by atoms with Crippen molar-refractivity contribution in [2.24, 2.45) is 0 Å². The second kappa shape index (κ2) is 8.60. The fourth-order valence-corrected chi connectivity index (χ4v) is 2.51.